The molecule has 0 aliphatic heterocycles. The lowest BCUT2D eigenvalue weighted by Crippen LogP contribution is -2.10. The van der Waals surface area contributed by atoms with E-state index in [0.717, 1.165) is 17.4 Å². The van der Waals surface area contributed by atoms with Gasteiger partial charge >= 0.3 is 11.9 Å². The third-order valence-electron chi connectivity index (χ3n) is 3.36. The Morgan fingerprint density at radius 1 is 1.32 bits per heavy atom. The molecule has 0 radical (unpaired) electrons. The van der Waals surface area contributed by atoms with Gasteiger partial charge in [-0.15, -0.1) is 11.3 Å². The molecule has 0 aliphatic rings. The lowest BCUT2D eigenvalue weighted by molar-refractivity contribution is 0.0452. The molecule has 0 saturated carbocycles. The summed E-state index contributed by atoms with van der Waals surface area (Å²) in [6.07, 6.45) is 0. The first-order chi connectivity index (χ1) is 11.9. The van der Waals surface area contributed by atoms with Gasteiger partial charge in [0.1, 0.15) is 28.4 Å². The number of ether oxygens (including phenoxy) is 2. The van der Waals surface area contributed by atoms with Crippen molar-refractivity contribution in [3.63, 3.8) is 0 Å². The van der Waals surface area contributed by atoms with E-state index in [4.69, 9.17) is 15.2 Å². The largest absolute Gasteiger partial charge is 0.462 e. The molecular weight excluding hydrogens is 347 g/mol. The molecule has 2 N–H and O–H groups in total. The van der Waals surface area contributed by atoms with E-state index in [1.807, 2.05) is 6.07 Å². The van der Waals surface area contributed by atoms with Crippen molar-refractivity contribution in [2.75, 3.05) is 12.3 Å². The van der Waals surface area contributed by atoms with Crippen molar-refractivity contribution >= 4 is 28.3 Å². The quantitative estimate of drug-likeness (QED) is 0.820. The summed E-state index contributed by atoms with van der Waals surface area (Å²) < 4.78 is 23.6. The Kier molecular flexibility index (Phi) is 5.72. The molecule has 1 aromatic heterocycles. The molecule has 0 amide bonds. The van der Waals surface area contributed by atoms with Gasteiger partial charge < -0.3 is 15.2 Å². The van der Waals surface area contributed by atoms with Crippen LogP contribution in [-0.2, 0) is 16.1 Å². The molecule has 0 fully saturated rings. The summed E-state index contributed by atoms with van der Waals surface area (Å²) >= 11 is 0.895. The number of nitrogens with two attached hydrogens (primary N) is 1. The van der Waals surface area contributed by atoms with Gasteiger partial charge in [-0.25, -0.2) is 14.0 Å². The number of benzene rings is 1. The van der Waals surface area contributed by atoms with E-state index in [1.165, 1.54) is 12.1 Å². The molecule has 8 heteroatoms. The third-order valence-corrected chi connectivity index (χ3v) is 4.40. The second-order valence-electron chi connectivity index (χ2n) is 5.02. The van der Waals surface area contributed by atoms with Crippen LogP contribution in [-0.4, -0.2) is 18.5 Å². The van der Waals surface area contributed by atoms with Gasteiger partial charge in [0.15, 0.2) is 0 Å². The molecule has 1 heterocycles. The number of aryl methyl sites for hydroxylation is 1. The second kappa shape index (κ2) is 7.77. The maximum atomic E-state index is 13.6. The summed E-state index contributed by atoms with van der Waals surface area (Å²) in [6.45, 7) is 3.02. The molecule has 2 rings (SSSR count). The number of nitrogen functional groups attached to an aromatic ring is 1. The van der Waals surface area contributed by atoms with Crippen molar-refractivity contribution in [2.45, 2.75) is 20.5 Å². The van der Waals surface area contributed by atoms with E-state index in [9.17, 15) is 19.2 Å². The molecule has 0 saturated heterocycles. The van der Waals surface area contributed by atoms with E-state index in [0.29, 0.717) is 5.56 Å². The van der Waals surface area contributed by atoms with Crippen molar-refractivity contribution in [1.82, 2.24) is 0 Å². The first kappa shape index (κ1) is 18.4. The minimum Gasteiger partial charge on any atom is -0.462 e. The van der Waals surface area contributed by atoms with Gasteiger partial charge in [-0.3, -0.25) is 0 Å². The van der Waals surface area contributed by atoms with E-state index in [-0.39, 0.29) is 39.8 Å². The van der Waals surface area contributed by atoms with Crippen LogP contribution in [0.3, 0.4) is 0 Å². The van der Waals surface area contributed by atoms with Crippen LogP contribution in [0.15, 0.2) is 18.2 Å². The average Bonchev–Trinajstić information content (AvgIpc) is 2.91. The number of anilines is 1. The maximum Gasteiger partial charge on any atom is 0.348 e. The Balaban J connectivity index is 2.24. The summed E-state index contributed by atoms with van der Waals surface area (Å²) in [5.74, 6) is -1.95. The number of hydrogen-bond acceptors (Lipinski definition) is 7. The fourth-order valence-electron chi connectivity index (χ4n) is 2.05. The fourth-order valence-corrected chi connectivity index (χ4v) is 2.96. The number of rotatable bonds is 5. The first-order valence-electron chi connectivity index (χ1n) is 7.30. The number of carbonyl (C=O) groups is 2. The van der Waals surface area contributed by atoms with Crippen LogP contribution in [0.5, 0.6) is 0 Å². The number of nitrogens with zero attached hydrogens (tertiary/aromatic N) is 1. The van der Waals surface area contributed by atoms with Crippen molar-refractivity contribution in [3.8, 4) is 6.07 Å². The minimum atomic E-state index is -0.776. The highest BCUT2D eigenvalue weighted by Gasteiger charge is 2.24. The molecule has 0 spiro atoms. The van der Waals surface area contributed by atoms with E-state index < -0.39 is 17.8 Å². The molecule has 0 atom stereocenters. The Labute approximate surface area is 147 Å². The molecular formula is C17H15FN2O4S. The van der Waals surface area contributed by atoms with Crippen LogP contribution >= 0.6 is 11.3 Å². The fraction of sp³-hybridized carbons (Fsp3) is 0.235. The van der Waals surface area contributed by atoms with Crippen molar-refractivity contribution in [3.05, 3.63) is 51.1 Å². The smallest absolute Gasteiger partial charge is 0.348 e. The highest BCUT2D eigenvalue weighted by atomic mass is 32.1. The third kappa shape index (κ3) is 3.95. The molecule has 0 aliphatic carbocycles. The topological polar surface area (TPSA) is 102 Å². The van der Waals surface area contributed by atoms with Crippen molar-refractivity contribution in [2.24, 2.45) is 0 Å². The zero-order valence-electron chi connectivity index (χ0n) is 13.6. The lowest BCUT2D eigenvalue weighted by Gasteiger charge is -2.07. The monoisotopic (exact) mass is 362 g/mol. The van der Waals surface area contributed by atoms with Crippen molar-refractivity contribution < 1.29 is 23.5 Å². The Morgan fingerprint density at radius 3 is 2.64 bits per heavy atom. The SMILES string of the molecule is CCOC(=O)c1sc(N)c(C#N)c1COC(=O)c1ccc(C)c(F)c1. The Hall–Kier alpha value is -2.92. The van der Waals surface area contributed by atoms with Crippen LogP contribution in [0.2, 0.25) is 0 Å². The first-order valence-corrected chi connectivity index (χ1v) is 8.12. The van der Waals surface area contributed by atoms with Gasteiger partial charge in [0.2, 0.25) is 0 Å². The number of thiophene rings is 1. The number of hydrogen-bond donors (Lipinski definition) is 1. The van der Waals surface area contributed by atoms with E-state index >= 15 is 0 Å². The summed E-state index contributed by atoms with van der Waals surface area (Å²) in [6, 6.07) is 5.84. The molecule has 0 bridgehead atoms. The van der Waals surface area contributed by atoms with Gasteiger partial charge in [-0.05, 0) is 31.5 Å². The van der Waals surface area contributed by atoms with Gasteiger partial charge in [-0.1, -0.05) is 6.07 Å². The molecule has 2 aromatic rings. The normalized spacial score (nSPS) is 10.2. The summed E-state index contributed by atoms with van der Waals surface area (Å²) in [5.41, 5.74) is 6.42. The number of halogens is 1. The zero-order chi connectivity index (χ0) is 18.6. The minimum absolute atomic E-state index is 0.0301. The van der Waals surface area contributed by atoms with Crippen LogP contribution in [0, 0.1) is 24.1 Å². The van der Waals surface area contributed by atoms with Gasteiger partial charge in [0.05, 0.1) is 17.7 Å². The molecule has 1 aromatic carbocycles. The number of carbonyl (C=O) groups excluding carboxylic acids is 2. The van der Waals surface area contributed by atoms with Crippen LogP contribution in [0.1, 0.15) is 43.6 Å². The predicted octanol–water partition coefficient (Wildman–Crippen LogP) is 3.18. The van der Waals surface area contributed by atoms with Crippen LogP contribution in [0.4, 0.5) is 9.39 Å². The van der Waals surface area contributed by atoms with Crippen LogP contribution in [0.25, 0.3) is 0 Å². The standard InChI is InChI=1S/C17H15FN2O4S/c1-3-23-17(22)14-12(11(7-19)15(20)25-14)8-24-16(21)10-5-4-9(2)13(18)6-10/h4-6H,3,8,20H2,1-2H3. The highest BCUT2D eigenvalue weighted by molar-refractivity contribution is 7.18. The summed E-state index contributed by atoms with van der Waals surface area (Å²) in [7, 11) is 0. The molecule has 0 unspecified atom stereocenters. The highest BCUT2D eigenvalue weighted by Crippen LogP contribution is 2.32. The van der Waals surface area contributed by atoms with Gasteiger partial charge in [-0.2, -0.15) is 5.26 Å². The Morgan fingerprint density at radius 2 is 2.04 bits per heavy atom. The van der Waals surface area contributed by atoms with Gasteiger partial charge in [0, 0.05) is 5.56 Å². The van der Waals surface area contributed by atoms with E-state index in [1.54, 1.807) is 13.8 Å². The molecule has 6 nitrogen and oxygen atoms in total. The summed E-state index contributed by atoms with van der Waals surface area (Å²) in [4.78, 5) is 24.2. The number of esters is 2. The summed E-state index contributed by atoms with van der Waals surface area (Å²) in [5, 5.41) is 9.34. The number of nitriles is 1. The Bertz CT molecular complexity index is 870. The lowest BCUT2D eigenvalue weighted by atomic mass is 10.1. The average molecular weight is 362 g/mol. The second-order valence-corrected chi connectivity index (χ2v) is 6.07. The van der Waals surface area contributed by atoms with Gasteiger partial charge in [0.25, 0.3) is 0 Å². The molecule has 130 valence electrons. The van der Waals surface area contributed by atoms with Crippen molar-refractivity contribution in [1.29, 1.82) is 5.26 Å². The predicted molar refractivity (Wildman–Crippen MR) is 89.7 cm³/mol. The molecule has 25 heavy (non-hydrogen) atoms. The van der Waals surface area contributed by atoms with E-state index in [2.05, 4.69) is 0 Å². The zero-order valence-corrected chi connectivity index (χ0v) is 14.4. The van der Waals surface area contributed by atoms with Crippen LogP contribution < -0.4 is 5.73 Å². The maximum absolute atomic E-state index is 13.6.